The number of rotatable bonds is 9. The standard InChI is InChI=1S/C64H57N3SSi2/c1-42-18-15-20-46(38-42)65(44-30-34-48(35-31-44)69(3,4)5)57-40-59-62(53-25-11-9-22-50(53)57)63-54-26-12-10-23-51(54)58(66(47-21-16-19-43(2)39-47)45-32-36-49(37-33-45)70(6,7)8)41-60(63)67(59)56-28-17-27-55-52-24-13-14-29-61(52)68-64(55)56/h9-41H,1-8H3. The van der Waals surface area contributed by atoms with Crippen LogP contribution >= 0.6 is 11.3 Å². The van der Waals surface area contributed by atoms with Gasteiger partial charge < -0.3 is 14.4 Å². The van der Waals surface area contributed by atoms with Crippen LogP contribution in [0.2, 0.25) is 39.3 Å². The van der Waals surface area contributed by atoms with E-state index < -0.39 is 16.1 Å². The van der Waals surface area contributed by atoms with Crippen molar-refractivity contribution in [3.8, 4) is 5.69 Å². The van der Waals surface area contributed by atoms with Gasteiger partial charge in [0, 0.05) is 59.8 Å². The molecule has 3 nitrogen and oxygen atoms in total. The first kappa shape index (κ1) is 44.0. The number of hydrogen-bond acceptors (Lipinski definition) is 3. The summed E-state index contributed by atoms with van der Waals surface area (Å²) in [5.74, 6) is 0. The van der Waals surface area contributed by atoms with Gasteiger partial charge in [-0.05, 0) is 109 Å². The summed E-state index contributed by atoms with van der Waals surface area (Å²) in [4.78, 5) is 5.00. The van der Waals surface area contributed by atoms with Crippen molar-refractivity contribution in [2.75, 3.05) is 9.80 Å². The molecule has 0 saturated carbocycles. The van der Waals surface area contributed by atoms with Crippen molar-refractivity contribution in [2.45, 2.75) is 53.1 Å². The molecule has 0 aliphatic carbocycles. The Morgan fingerprint density at radius 3 is 1.24 bits per heavy atom. The molecule has 12 rings (SSSR count). The lowest BCUT2D eigenvalue weighted by atomic mass is 9.96. The molecule has 0 spiro atoms. The van der Waals surface area contributed by atoms with Crippen molar-refractivity contribution in [1.29, 1.82) is 0 Å². The number of fused-ring (bicyclic) bond motifs is 10. The third-order valence-corrected chi connectivity index (χ3v) is 19.7. The summed E-state index contributed by atoms with van der Waals surface area (Å²) in [6, 6.07) is 75.9. The minimum atomic E-state index is -1.55. The summed E-state index contributed by atoms with van der Waals surface area (Å²) in [7, 11) is -3.11. The number of hydrogen-bond donors (Lipinski definition) is 0. The van der Waals surface area contributed by atoms with Gasteiger partial charge >= 0.3 is 0 Å². The molecule has 12 aromatic rings. The van der Waals surface area contributed by atoms with Crippen LogP contribution in [0.4, 0.5) is 34.1 Å². The van der Waals surface area contributed by atoms with Crippen molar-refractivity contribution in [3.05, 3.63) is 211 Å². The second kappa shape index (κ2) is 16.7. The smallest absolute Gasteiger partial charge is 0.0775 e. The van der Waals surface area contributed by atoms with Gasteiger partial charge in [-0.2, -0.15) is 0 Å². The molecule has 0 radical (unpaired) electrons. The van der Waals surface area contributed by atoms with Gasteiger partial charge in [0.05, 0.1) is 48.9 Å². The molecule has 0 unspecified atom stereocenters. The Morgan fingerprint density at radius 2 is 0.786 bits per heavy atom. The highest BCUT2D eigenvalue weighted by Gasteiger charge is 2.28. The van der Waals surface area contributed by atoms with E-state index in [1.54, 1.807) is 0 Å². The van der Waals surface area contributed by atoms with Crippen molar-refractivity contribution >= 4 is 136 Å². The Bertz CT molecular complexity index is 3800. The molecule has 6 heteroatoms. The van der Waals surface area contributed by atoms with Crippen LogP contribution in [0.5, 0.6) is 0 Å². The molecule has 2 aromatic heterocycles. The highest BCUT2D eigenvalue weighted by Crippen LogP contribution is 2.51. The molecular formula is C64H57N3SSi2. The monoisotopic (exact) mass is 955 g/mol. The second-order valence-corrected chi connectivity index (χ2v) is 32.4. The van der Waals surface area contributed by atoms with Gasteiger partial charge in [0.2, 0.25) is 0 Å². The van der Waals surface area contributed by atoms with Gasteiger partial charge in [0.1, 0.15) is 0 Å². The molecule has 0 aliphatic heterocycles. The molecule has 0 N–H and O–H groups in total. The zero-order valence-electron chi connectivity index (χ0n) is 41.3. The maximum absolute atomic E-state index is 2.61. The molecule has 0 bridgehead atoms. The highest BCUT2D eigenvalue weighted by atomic mass is 32.1. The lowest BCUT2D eigenvalue weighted by Gasteiger charge is -2.28. The number of aryl methyl sites for hydroxylation is 2. The SMILES string of the molecule is Cc1cccc(N(c2ccc([Si](C)(C)C)cc2)c2cc3c(c4ccccc24)c2c4ccccc4c(N(c4ccc([Si](C)(C)C)cc4)c4cccc(C)c4)cc2n3-c2cccc3c2sc2ccccc23)c1. The largest absolute Gasteiger partial charge is 0.310 e. The molecular weight excluding hydrogens is 899 g/mol. The number of benzene rings is 10. The fraction of sp³-hybridized carbons (Fsp3) is 0.125. The number of thiophene rings is 1. The van der Waals surface area contributed by atoms with E-state index in [4.69, 9.17) is 0 Å². The van der Waals surface area contributed by atoms with Crippen LogP contribution in [-0.2, 0) is 0 Å². The van der Waals surface area contributed by atoms with Crippen molar-refractivity contribution in [3.63, 3.8) is 0 Å². The van der Waals surface area contributed by atoms with Crippen molar-refractivity contribution < 1.29 is 0 Å². The van der Waals surface area contributed by atoms with Crippen LogP contribution in [0.25, 0.3) is 69.2 Å². The van der Waals surface area contributed by atoms with Gasteiger partial charge in [0.25, 0.3) is 0 Å². The van der Waals surface area contributed by atoms with E-state index in [1.165, 1.54) is 90.7 Å². The number of nitrogens with zero attached hydrogens (tertiary/aromatic N) is 3. The summed E-state index contributed by atoms with van der Waals surface area (Å²) >= 11 is 1.89. The number of anilines is 6. The van der Waals surface area contributed by atoms with Gasteiger partial charge in [-0.15, -0.1) is 11.3 Å². The molecule has 0 aliphatic rings. The molecule has 2 heterocycles. The van der Waals surface area contributed by atoms with E-state index in [-0.39, 0.29) is 0 Å². The van der Waals surface area contributed by atoms with Crippen molar-refractivity contribution in [1.82, 2.24) is 4.57 Å². The Morgan fingerprint density at radius 1 is 0.371 bits per heavy atom. The topological polar surface area (TPSA) is 11.4 Å². The summed E-state index contributed by atoms with van der Waals surface area (Å²) in [6.45, 7) is 19.0. The average molecular weight is 956 g/mol. The summed E-state index contributed by atoms with van der Waals surface area (Å²) in [5, 5.41) is 12.9. The summed E-state index contributed by atoms with van der Waals surface area (Å²) in [5.41, 5.74) is 12.9. The lowest BCUT2D eigenvalue weighted by Crippen LogP contribution is -2.37. The predicted octanol–water partition coefficient (Wildman–Crippen LogP) is 18.1. The van der Waals surface area contributed by atoms with E-state index in [1.807, 2.05) is 11.3 Å². The molecule has 342 valence electrons. The van der Waals surface area contributed by atoms with Gasteiger partial charge in [0.15, 0.2) is 0 Å². The molecule has 0 amide bonds. The van der Waals surface area contributed by atoms with Crippen LogP contribution in [0.1, 0.15) is 11.1 Å². The van der Waals surface area contributed by atoms with Crippen LogP contribution < -0.4 is 20.2 Å². The second-order valence-electron chi connectivity index (χ2n) is 21.2. The van der Waals surface area contributed by atoms with E-state index in [0.717, 1.165) is 34.1 Å². The van der Waals surface area contributed by atoms with Crippen LogP contribution in [0, 0.1) is 13.8 Å². The maximum Gasteiger partial charge on any atom is 0.0775 e. The van der Waals surface area contributed by atoms with Crippen LogP contribution in [-0.4, -0.2) is 20.7 Å². The summed E-state index contributed by atoms with van der Waals surface area (Å²) in [6.07, 6.45) is 0. The molecule has 0 atom stereocenters. The van der Waals surface area contributed by atoms with Gasteiger partial charge in [-0.25, -0.2) is 0 Å². The fourth-order valence-corrected chi connectivity index (χ4v) is 14.4. The van der Waals surface area contributed by atoms with E-state index >= 15 is 0 Å². The van der Waals surface area contributed by atoms with Crippen LogP contribution in [0.15, 0.2) is 200 Å². The first-order chi connectivity index (χ1) is 33.8. The van der Waals surface area contributed by atoms with E-state index in [2.05, 4.69) is 268 Å². The predicted molar refractivity (Wildman–Crippen MR) is 313 cm³/mol. The van der Waals surface area contributed by atoms with Gasteiger partial charge in [-0.1, -0.05) is 177 Å². The Balaban J connectivity index is 1.25. The number of aromatic nitrogens is 1. The van der Waals surface area contributed by atoms with E-state index in [0.29, 0.717) is 0 Å². The minimum absolute atomic E-state index is 1.14. The molecule has 0 fully saturated rings. The quantitative estimate of drug-likeness (QED) is 0.134. The summed E-state index contributed by atoms with van der Waals surface area (Å²) < 4.78 is 5.18. The molecule has 10 aromatic carbocycles. The Hall–Kier alpha value is -7.23. The van der Waals surface area contributed by atoms with Crippen LogP contribution in [0.3, 0.4) is 0 Å². The third-order valence-electron chi connectivity index (χ3n) is 14.3. The van der Waals surface area contributed by atoms with E-state index in [9.17, 15) is 0 Å². The van der Waals surface area contributed by atoms with Gasteiger partial charge in [-0.3, -0.25) is 0 Å². The zero-order valence-corrected chi connectivity index (χ0v) is 44.1. The zero-order chi connectivity index (χ0) is 48.1. The maximum atomic E-state index is 2.61. The average Bonchev–Trinajstić information content (AvgIpc) is 3.90. The first-order valence-corrected chi connectivity index (χ1v) is 32.4. The normalized spacial score (nSPS) is 12.3. The highest BCUT2D eigenvalue weighted by molar-refractivity contribution is 7.26. The molecule has 0 saturated heterocycles. The van der Waals surface area contributed by atoms with Crippen molar-refractivity contribution in [2.24, 2.45) is 0 Å². The third kappa shape index (κ3) is 7.36. The first-order valence-electron chi connectivity index (χ1n) is 24.6. The Kier molecular flexibility index (Phi) is 10.5. The fourth-order valence-electron chi connectivity index (χ4n) is 10.8. The Labute approximate surface area is 417 Å². The molecule has 70 heavy (non-hydrogen) atoms. The minimum Gasteiger partial charge on any atom is -0.310 e. The lowest BCUT2D eigenvalue weighted by molar-refractivity contribution is 1.20.